The van der Waals surface area contributed by atoms with Crippen molar-refractivity contribution in [3.8, 4) is 0 Å². The molecular formula is C19H24FNO5S. The number of amides is 1. The average molecular weight is 397 g/mol. The first-order chi connectivity index (χ1) is 12.7. The fraction of sp³-hybridized carbons (Fsp3) is 0.579. The highest BCUT2D eigenvalue weighted by atomic mass is 32.2. The molecule has 1 N–H and O–H groups in total. The minimum absolute atomic E-state index is 0.0570. The quantitative estimate of drug-likeness (QED) is 0.740. The monoisotopic (exact) mass is 397 g/mol. The molecule has 1 aromatic rings. The van der Waals surface area contributed by atoms with Crippen molar-refractivity contribution in [3.05, 3.63) is 35.6 Å². The maximum Gasteiger partial charge on any atom is 0.310 e. The number of esters is 1. The zero-order chi connectivity index (χ0) is 19.8. The second-order valence-corrected chi connectivity index (χ2v) is 9.94. The van der Waals surface area contributed by atoms with Gasteiger partial charge in [0.25, 0.3) is 5.91 Å². The molecule has 8 heteroatoms. The number of carbonyl (C=O) groups excluding carboxylic acids is 2. The van der Waals surface area contributed by atoms with E-state index in [0.29, 0.717) is 12.8 Å². The van der Waals surface area contributed by atoms with Gasteiger partial charge in [0, 0.05) is 6.04 Å². The van der Waals surface area contributed by atoms with E-state index in [-0.39, 0.29) is 35.1 Å². The molecule has 1 saturated heterocycles. The van der Waals surface area contributed by atoms with Crippen LogP contribution in [0.15, 0.2) is 24.3 Å². The predicted octanol–water partition coefficient (Wildman–Crippen LogP) is 1.80. The Bertz CT molecular complexity index is 838. The van der Waals surface area contributed by atoms with Gasteiger partial charge in [-0.1, -0.05) is 26.0 Å². The summed E-state index contributed by atoms with van der Waals surface area (Å²) in [5.41, 5.74) is 0.749. The molecule has 1 heterocycles. The van der Waals surface area contributed by atoms with E-state index in [4.69, 9.17) is 4.74 Å². The van der Waals surface area contributed by atoms with Crippen LogP contribution in [0.25, 0.3) is 0 Å². The first-order valence-corrected chi connectivity index (χ1v) is 10.9. The van der Waals surface area contributed by atoms with E-state index in [1.165, 1.54) is 12.1 Å². The van der Waals surface area contributed by atoms with Crippen LogP contribution in [0.1, 0.15) is 38.2 Å². The smallest absolute Gasteiger partial charge is 0.310 e. The van der Waals surface area contributed by atoms with Gasteiger partial charge in [-0.05, 0) is 42.4 Å². The lowest BCUT2D eigenvalue weighted by Crippen LogP contribution is -2.46. The van der Waals surface area contributed by atoms with Crippen molar-refractivity contribution in [1.29, 1.82) is 0 Å². The Hall–Kier alpha value is -1.96. The van der Waals surface area contributed by atoms with Crippen molar-refractivity contribution < 1.29 is 27.1 Å². The first kappa shape index (κ1) is 19.8. The molecule has 0 spiro atoms. The molecule has 1 aliphatic carbocycles. The number of benzene rings is 1. The van der Waals surface area contributed by atoms with E-state index in [1.807, 2.05) is 0 Å². The van der Waals surface area contributed by atoms with Crippen LogP contribution in [-0.2, 0) is 24.2 Å². The van der Waals surface area contributed by atoms with Crippen LogP contribution in [-0.4, -0.2) is 43.9 Å². The first-order valence-electron chi connectivity index (χ1n) is 9.13. The molecule has 0 aromatic heterocycles. The van der Waals surface area contributed by atoms with Gasteiger partial charge in [0.15, 0.2) is 15.9 Å². The summed E-state index contributed by atoms with van der Waals surface area (Å²) < 4.78 is 41.9. The molecule has 1 aromatic carbocycles. The van der Waals surface area contributed by atoms with Gasteiger partial charge < -0.3 is 10.1 Å². The van der Waals surface area contributed by atoms with Gasteiger partial charge in [-0.3, -0.25) is 9.59 Å². The number of rotatable bonds is 6. The minimum atomic E-state index is -3.11. The molecule has 0 radical (unpaired) electrons. The Morgan fingerprint density at radius 1 is 1.30 bits per heavy atom. The molecule has 27 heavy (non-hydrogen) atoms. The van der Waals surface area contributed by atoms with Crippen molar-refractivity contribution in [2.45, 2.75) is 44.8 Å². The third-order valence-corrected chi connectivity index (χ3v) is 6.82. The minimum Gasteiger partial charge on any atom is -0.452 e. The third-order valence-electron chi connectivity index (χ3n) is 5.06. The van der Waals surface area contributed by atoms with Crippen LogP contribution in [0.3, 0.4) is 0 Å². The Kier molecular flexibility index (Phi) is 5.55. The topological polar surface area (TPSA) is 89.5 Å². The molecule has 1 amide bonds. The highest BCUT2D eigenvalue weighted by Crippen LogP contribution is 2.48. The molecular weight excluding hydrogens is 373 g/mol. The second kappa shape index (κ2) is 7.58. The molecule has 1 aliphatic heterocycles. The standard InChI is InChI=1S/C19H24FNO5S/c1-11(2)17(18(22)21-14-6-7-27(24,25)10-14)26-19(23)16-9-15(16)12-4-3-5-13(20)8-12/h3-5,8,11,14-17H,6-7,9-10H2,1-2H3,(H,21,22)/t14-,15+,16+,17-/m0/s1. The molecule has 0 bridgehead atoms. The number of halogens is 1. The van der Waals surface area contributed by atoms with E-state index in [1.54, 1.807) is 26.0 Å². The van der Waals surface area contributed by atoms with Crippen molar-refractivity contribution in [3.63, 3.8) is 0 Å². The van der Waals surface area contributed by atoms with Crippen molar-refractivity contribution in [1.82, 2.24) is 5.32 Å². The van der Waals surface area contributed by atoms with Gasteiger partial charge in [0.1, 0.15) is 5.82 Å². The molecule has 4 atom stereocenters. The molecule has 3 rings (SSSR count). The summed E-state index contributed by atoms with van der Waals surface area (Å²) in [7, 11) is -3.11. The SMILES string of the molecule is CC(C)[C@H](OC(=O)[C@@H]1C[C@@H]1c1cccc(F)c1)C(=O)N[C@H]1CCS(=O)(=O)C1. The van der Waals surface area contributed by atoms with Crippen LogP contribution < -0.4 is 5.32 Å². The summed E-state index contributed by atoms with van der Waals surface area (Å²) in [6.07, 6.45) is -0.0401. The Morgan fingerprint density at radius 3 is 2.63 bits per heavy atom. The Balaban J connectivity index is 1.58. The highest BCUT2D eigenvalue weighted by molar-refractivity contribution is 7.91. The van der Waals surface area contributed by atoms with Gasteiger partial charge in [-0.15, -0.1) is 0 Å². The lowest BCUT2D eigenvalue weighted by Gasteiger charge is -2.22. The van der Waals surface area contributed by atoms with E-state index < -0.39 is 33.9 Å². The van der Waals surface area contributed by atoms with Crippen molar-refractivity contribution in [2.24, 2.45) is 11.8 Å². The molecule has 148 valence electrons. The Morgan fingerprint density at radius 2 is 2.04 bits per heavy atom. The van der Waals surface area contributed by atoms with Crippen molar-refractivity contribution in [2.75, 3.05) is 11.5 Å². The Labute approximate surface area is 158 Å². The van der Waals surface area contributed by atoms with Crippen molar-refractivity contribution >= 4 is 21.7 Å². The summed E-state index contributed by atoms with van der Waals surface area (Å²) in [6, 6.07) is 5.69. The zero-order valence-electron chi connectivity index (χ0n) is 15.4. The predicted molar refractivity (Wildman–Crippen MR) is 97.2 cm³/mol. The fourth-order valence-electron chi connectivity index (χ4n) is 3.46. The summed E-state index contributed by atoms with van der Waals surface area (Å²) >= 11 is 0. The number of hydrogen-bond acceptors (Lipinski definition) is 5. The van der Waals surface area contributed by atoms with Gasteiger partial charge in [-0.25, -0.2) is 12.8 Å². The van der Waals surface area contributed by atoms with Gasteiger partial charge in [0.2, 0.25) is 0 Å². The van der Waals surface area contributed by atoms with E-state index in [0.717, 1.165) is 5.56 Å². The largest absolute Gasteiger partial charge is 0.452 e. The average Bonchev–Trinajstić information content (AvgIpc) is 3.31. The van der Waals surface area contributed by atoms with Crippen LogP contribution in [0.2, 0.25) is 0 Å². The molecule has 6 nitrogen and oxygen atoms in total. The number of hydrogen-bond donors (Lipinski definition) is 1. The lowest BCUT2D eigenvalue weighted by atomic mass is 10.1. The highest BCUT2D eigenvalue weighted by Gasteiger charge is 2.47. The molecule has 0 unspecified atom stereocenters. The summed E-state index contributed by atoms with van der Waals surface area (Å²) in [5, 5.41) is 2.69. The summed E-state index contributed by atoms with van der Waals surface area (Å²) in [5.74, 6) is -2.04. The van der Waals surface area contributed by atoms with E-state index >= 15 is 0 Å². The second-order valence-electron chi connectivity index (χ2n) is 7.71. The van der Waals surface area contributed by atoms with Gasteiger partial charge in [0.05, 0.1) is 17.4 Å². The van der Waals surface area contributed by atoms with E-state index in [9.17, 15) is 22.4 Å². The summed E-state index contributed by atoms with van der Waals surface area (Å²) in [6.45, 7) is 3.53. The molecule has 2 aliphatic rings. The van der Waals surface area contributed by atoms with E-state index in [2.05, 4.69) is 5.32 Å². The fourth-order valence-corrected chi connectivity index (χ4v) is 5.13. The maximum atomic E-state index is 13.3. The van der Waals surface area contributed by atoms with Gasteiger partial charge >= 0.3 is 5.97 Å². The van der Waals surface area contributed by atoms with Crippen LogP contribution in [0, 0.1) is 17.7 Å². The van der Waals surface area contributed by atoms with Gasteiger partial charge in [-0.2, -0.15) is 0 Å². The number of nitrogens with one attached hydrogen (secondary N) is 1. The van der Waals surface area contributed by atoms with Crippen LogP contribution in [0.4, 0.5) is 4.39 Å². The number of carbonyl (C=O) groups is 2. The van der Waals surface area contributed by atoms with Crippen LogP contribution >= 0.6 is 0 Å². The lowest BCUT2D eigenvalue weighted by molar-refractivity contribution is -0.160. The number of sulfone groups is 1. The maximum absolute atomic E-state index is 13.3. The zero-order valence-corrected chi connectivity index (χ0v) is 16.2. The molecule has 2 fully saturated rings. The molecule has 1 saturated carbocycles. The third kappa shape index (κ3) is 4.86. The van der Waals surface area contributed by atoms with Crippen LogP contribution in [0.5, 0.6) is 0 Å². The summed E-state index contributed by atoms with van der Waals surface area (Å²) in [4.78, 5) is 24.9. The normalized spacial score (nSPS) is 27.2. The number of ether oxygens (including phenoxy) is 1.